The number of nitrogens with one attached hydrogen (secondary N) is 2. The van der Waals surface area contributed by atoms with Crippen LogP contribution in [0.25, 0.3) is 10.8 Å². The molecule has 1 aromatic carbocycles. The van der Waals surface area contributed by atoms with Gasteiger partial charge in [-0.05, 0) is 39.0 Å². The number of pyridine rings is 2. The molecule has 8 heteroatoms. The van der Waals surface area contributed by atoms with E-state index in [-0.39, 0.29) is 31.1 Å². The van der Waals surface area contributed by atoms with Crippen LogP contribution in [0.5, 0.6) is 0 Å². The summed E-state index contributed by atoms with van der Waals surface area (Å²) in [5.41, 5.74) is 0.314. The lowest BCUT2D eigenvalue weighted by atomic mass is 10.1. The molecule has 0 atom stereocenters. The van der Waals surface area contributed by atoms with Gasteiger partial charge in [0, 0.05) is 36.3 Å². The van der Waals surface area contributed by atoms with Crippen LogP contribution in [0.15, 0.2) is 59.7 Å². The van der Waals surface area contributed by atoms with Gasteiger partial charge < -0.3 is 19.9 Å². The van der Waals surface area contributed by atoms with E-state index in [1.54, 1.807) is 63.5 Å². The quantitative estimate of drug-likeness (QED) is 0.595. The Labute approximate surface area is 180 Å². The van der Waals surface area contributed by atoms with E-state index in [0.717, 1.165) is 0 Å². The first-order chi connectivity index (χ1) is 14.7. The minimum absolute atomic E-state index is 0.190. The fraction of sp³-hybridized carbons (Fsp3) is 0.304. The zero-order chi connectivity index (χ0) is 22.4. The summed E-state index contributed by atoms with van der Waals surface area (Å²) in [5.74, 6) is -0.336. The smallest absolute Gasteiger partial charge is 0.407 e. The summed E-state index contributed by atoms with van der Waals surface area (Å²) in [6.07, 6.45) is 2.67. The highest BCUT2D eigenvalue weighted by Gasteiger charge is 2.17. The average molecular weight is 422 g/mol. The maximum absolute atomic E-state index is 12.9. The molecule has 0 saturated heterocycles. The number of amides is 2. The van der Waals surface area contributed by atoms with Crippen LogP contribution < -0.4 is 16.2 Å². The van der Waals surface area contributed by atoms with Crippen molar-refractivity contribution in [1.82, 2.24) is 20.2 Å². The molecule has 2 heterocycles. The molecule has 0 saturated carbocycles. The van der Waals surface area contributed by atoms with Crippen LogP contribution in [0.1, 0.15) is 36.8 Å². The number of hydrogen-bond acceptors (Lipinski definition) is 5. The molecule has 31 heavy (non-hydrogen) atoms. The number of aromatic nitrogens is 2. The Bertz CT molecular complexity index is 1130. The molecule has 2 aromatic heterocycles. The Hall–Kier alpha value is -3.68. The van der Waals surface area contributed by atoms with Gasteiger partial charge in [-0.25, -0.2) is 4.79 Å². The van der Waals surface area contributed by atoms with Crippen molar-refractivity contribution in [1.29, 1.82) is 0 Å². The third-order valence-electron chi connectivity index (χ3n) is 4.38. The normalized spacial score (nSPS) is 11.2. The lowest BCUT2D eigenvalue weighted by Gasteiger charge is -2.19. The number of alkyl carbamates (subject to hydrolysis) is 1. The molecule has 0 spiro atoms. The van der Waals surface area contributed by atoms with Crippen LogP contribution in [0, 0.1) is 0 Å². The number of hydrogen-bond donors (Lipinski definition) is 2. The topological polar surface area (TPSA) is 102 Å². The Morgan fingerprint density at radius 3 is 2.35 bits per heavy atom. The van der Waals surface area contributed by atoms with E-state index in [2.05, 4.69) is 15.6 Å². The van der Waals surface area contributed by atoms with Gasteiger partial charge in [0.15, 0.2) is 0 Å². The zero-order valence-corrected chi connectivity index (χ0v) is 17.8. The van der Waals surface area contributed by atoms with Crippen LogP contribution in [-0.4, -0.2) is 40.2 Å². The molecular formula is C23H26N4O4. The number of rotatable bonds is 6. The second-order valence-corrected chi connectivity index (χ2v) is 8.03. The molecule has 0 aliphatic carbocycles. The minimum Gasteiger partial charge on any atom is -0.444 e. The molecule has 0 radical (unpaired) electrons. The largest absolute Gasteiger partial charge is 0.444 e. The molecular weight excluding hydrogens is 396 g/mol. The fourth-order valence-corrected chi connectivity index (χ4v) is 3.06. The highest BCUT2D eigenvalue weighted by Crippen LogP contribution is 2.16. The monoisotopic (exact) mass is 422 g/mol. The van der Waals surface area contributed by atoms with Crippen LogP contribution in [-0.2, 0) is 11.3 Å². The van der Waals surface area contributed by atoms with E-state index in [0.29, 0.717) is 22.0 Å². The van der Waals surface area contributed by atoms with E-state index in [4.69, 9.17) is 4.74 Å². The van der Waals surface area contributed by atoms with E-state index in [1.807, 2.05) is 12.1 Å². The fourth-order valence-electron chi connectivity index (χ4n) is 3.06. The average Bonchev–Trinajstić information content (AvgIpc) is 2.72. The second kappa shape index (κ2) is 9.42. The van der Waals surface area contributed by atoms with Crippen LogP contribution in [0.2, 0.25) is 0 Å². The highest BCUT2D eigenvalue weighted by atomic mass is 16.6. The van der Waals surface area contributed by atoms with Crippen LogP contribution in [0.3, 0.4) is 0 Å². The summed E-state index contributed by atoms with van der Waals surface area (Å²) in [7, 11) is 0. The van der Waals surface area contributed by atoms with E-state index in [1.165, 1.54) is 4.57 Å². The van der Waals surface area contributed by atoms with Gasteiger partial charge in [0.05, 0.1) is 17.8 Å². The summed E-state index contributed by atoms with van der Waals surface area (Å²) < 4.78 is 6.65. The summed E-state index contributed by atoms with van der Waals surface area (Å²) in [4.78, 5) is 41.7. The molecule has 0 bridgehead atoms. The highest BCUT2D eigenvalue weighted by molar-refractivity contribution is 6.06. The van der Waals surface area contributed by atoms with E-state index >= 15 is 0 Å². The van der Waals surface area contributed by atoms with Crippen molar-refractivity contribution in [2.24, 2.45) is 0 Å². The molecule has 3 rings (SSSR count). The van der Waals surface area contributed by atoms with Crippen LogP contribution in [0.4, 0.5) is 4.79 Å². The zero-order valence-electron chi connectivity index (χ0n) is 17.8. The molecule has 0 aliphatic rings. The Kier molecular flexibility index (Phi) is 6.69. The predicted octanol–water partition coefficient (Wildman–Crippen LogP) is 2.70. The Morgan fingerprint density at radius 2 is 1.68 bits per heavy atom. The van der Waals surface area contributed by atoms with Crippen molar-refractivity contribution in [3.05, 3.63) is 76.5 Å². The Balaban J connectivity index is 1.76. The third-order valence-corrected chi connectivity index (χ3v) is 4.38. The SMILES string of the molecule is CC(C)(C)OC(=O)NCCNC(=O)c1cn(Cc2ccccn2)c(=O)c2ccccc12. The van der Waals surface area contributed by atoms with Gasteiger partial charge in [0.1, 0.15) is 5.60 Å². The van der Waals surface area contributed by atoms with Crippen molar-refractivity contribution >= 4 is 22.8 Å². The molecule has 0 fully saturated rings. The number of fused-ring (bicyclic) bond motifs is 1. The number of benzene rings is 1. The Morgan fingerprint density at radius 1 is 1.00 bits per heavy atom. The van der Waals surface area contributed by atoms with Crippen molar-refractivity contribution in [3.8, 4) is 0 Å². The lowest BCUT2D eigenvalue weighted by molar-refractivity contribution is 0.0526. The van der Waals surface area contributed by atoms with Gasteiger partial charge in [-0.2, -0.15) is 0 Å². The number of carbonyl (C=O) groups is 2. The van der Waals surface area contributed by atoms with Crippen molar-refractivity contribution in [3.63, 3.8) is 0 Å². The van der Waals surface area contributed by atoms with Crippen LogP contribution >= 0.6 is 0 Å². The van der Waals surface area contributed by atoms with Crippen molar-refractivity contribution < 1.29 is 14.3 Å². The predicted molar refractivity (Wildman–Crippen MR) is 118 cm³/mol. The number of ether oxygens (including phenoxy) is 1. The molecule has 8 nitrogen and oxygen atoms in total. The van der Waals surface area contributed by atoms with Gasteiger partial charge in [-0.1, -0.05) is 24.3 Å². The van der Waals surface area contributed by atoms with Gasteiger partial charge in [0.2, 0.25) is 0 Å². The summed E-state index contributed by atoms with van der Waals surface area (Å²) in [5, 5.41) is 6.40. The summed E-state index contributed by atoms with van der Waals surface area (Å²) in [6, 6.07) is 12.5. The van der Waals surface area contributed by atoms with Gasteiger partial charge in [0.25, 0.3) is 11.5 Å². The second-order valence-electron chi connectivity index (χ2n) is 8.03. The lowest BCUT2D eigenvalue weighted by Crippen LogP contribution is -2.38. The van der Waals surface area contributed by atoms with Crippen molar-refractivity contribution in [2.75, 3.05) is 13.1 Å². The van der Waals surface area contributed by atoms with Gasteiger partial charge in [-0.15, -0.1) is 0 Å². The first-order valence-corrected chi connectivity index (χ1v) is 10.0. The first-order valence-electron chi connectivity index (χ1n) is 10.0. The molecule has 162 valence electrons. The molecule has 0 aliphatic heterocycles. The molecule has 2 N–H and O–H groups in total. The third kappa shape index (κ3) is 5.91. The number of nitrogens with zero attached hydrogens (tertiary/aromatic N) is 2. The van der Waals surface area contributed by atoms with Crippen molar-refractivity contribution in [2.45, 2.75) is 32.9 Å². The molecule has 3 aromatic rings. The minimum atomic E-state index is -0.590. The number of carbonyl (C=O) groups excluding carboxylic acids is 2. The molecule has 2 amide bonds. The van der Waals surface area contributed by atoms with Gasteiger partial charge in [-0.3, -0.25) is 14.6 Å². The molecule has 0 unspecified atom stereocenters. The maximum Gasteiger partial charge on any atom is 0.407 e. The first kappa shape index (κ1) is 22.0. The van der Waals surface area contributed by atoms with E-state index in [9.17, 15) is 14.4 Å². The summed E-state index contributed by atoms with van der Waals surface area (Å²) in [6.45, 7) is 6.01. The van der Waals surface area contributed by atoms with Gasteiger partial charge >= 0.3 is 6.09 Å². The van der Waals surface area contributed by atoms with E-state index < -0.39 is 11.7 Å². The standard InChI is InChI=1S/C23H26N4O4/c1-23(2,3)31-22(30)26-13-12-25-20(28)19-15-27(14-16-8-6-7-11-24-16)21(29)18-10-5-4-9-17(18)19/h4-11,15H,12-14H2,1-3H3,(H,25,28)(H,26,30). The maximum atomic E-state index is 12.9. The summed E-state index contributed by atoms with van der Waals surface area (Å²) >= 11 is 0.